The number of aromatic nitrogens is 1. The Morgan fingerprint density at radius 3 is 2.02 bits per heavy atom. The lowest BCUT2D eigenvalue weighted by molar-refractivity contribution is 0.584. The van der Waals surface area contributed by atoms with E-state index in [2.05, 4.69) is 149 Å². The molecule has 40 heavy (non-hydrogen) atoms. The molecule has 3 heteroatoms. The predicted octanol–water partition coefficient (Wildman–Crippen LogP) is 10.1. The number of benzene rings is 4. The number of pyridine rings is 1. The average molecular weight is 528 g/mol. The molecule has 0 saturated heterocycles. The van der Waals surface area contributed by atoms with Crippen LogP contribution in [-0.4, -0.2) is 4.98 Å². The summed E-state index contributed by atoms with van der Waals surface area (Å²) in [7, 11) is 0. The summed E-state index contributed by atoms with van der Waals surface area (Å²) in [6, 6.07) is 36.6. The summed E-state index contributed by atoms with van der Waals surface area (Å²) in [4.78, 5) is 5.34. The van der Waals surface area contributed by atoms with Gasteiger partial charge in [-0.25, -0.2) is 0 Å². The summed E-state index contributed by atoms with van der Waals surface area (Å²) < 4.78 is 0. The maximum absolute atomic E-state index is 5.34. The van der Waals surface area contributed by atoms with Crippen LogP contribution >= 0.6 is 0 Å². The smallest absolute Gasteiger partial charge is 0.0739 e. The third kappa shape index (κ3) is 5.74. The van der Waals surface area contributed by atoms with Crippen LogP contribution in [0.5, 0.6) is 0 Å². The fourth-order valence-electron chi connectivity index (χ4n) is 5.51. The first-order valence-electron chi connectivity index (χ1n) is 14.4. The van der Waals surface area contributed by atoms with Crippen molar-refractivity contribution in [2.24, 2.45) is 0 Å². The standard InChI is InChI=1S/C37H41N3/c1-25(2)30-18-12-19-31(26(3)4)36(30)40-37(5,6)34-21-13-20-33(39-34)35-28(24-38-29-15-8-7-9-16-29)23-22-27-14-10-11-17-32(27)35/h7-23,25-26,38,40H,24H2,1-6H3. The molecule has 4 aromatic carbocycles. The fourth-order valence-corrected chi connectivity index (χ4v) is 5.51. The third-order valence-electron chi connectivity index (χ3n) is 7.73. The average Bonchev–Trinajstić information content (AvgIpc) is 2.96. The summed E-state index contributed by atoms with van der Waals surface area (Å²) in [5.74, 6) is 0.846. The molecule has 3 nitrogen and oxygen atoms in total. The van der Waals surface area contributed by atoms with Gasteiger partial charge in [-0.15, -0.1) is 0 Å². The predicted molar refractivity (Wildman–Crippen MR) is 172 cm³/mol. The third-order valence-corrected chi connectivity index (χ3v) is 7.73. The summed E-state index contributed by atoms with van der Waals surface area (Å²) in [6.45, 7) is 14.3. The Hall–Kier alpha value is -4.11. The lowest BCUT2D eigenvalue weighted by Crippen LogP contribution is -2.30. The second-order valence-corrected chi connectivity index (χ2v) is 11.8. The fraction of sp³-hybridized carbons (Fsp3) is 0.270. The molecule has 0 saturated carbocycles. The highest BCUT2D eigenvalue weighted by Crippen LogP contribution is 2.38. The molecule has 0 atom stereocenters. The van der Waals surface area contributed by atoms with Crippen LogP contribution in [-0.2, 0) is 12.1 Å². The molecule has 5 aromatic rings. The topological polar surface area (TPSA) is 37.0 Å². The molecule has 0 spiro atoms. The second kappa shape index (κ2) is 11.6. The highest BCUT2D eigenvalue weighted by molar-refractivity contribution is 5.97. The van der Waals surface area contributed by atoms with Crippen LogP contribution in [0.2, 0.25) is 0 Å². The minimum absolute atomic E-state index is 0.377. The normalized spacial score (nSPS) is 11.8. The molecule has 0 amide bonds. The quantitative estimate of drug-likeness (QED) is 0.200. The van der Waals surface area contributed by atoms with E-state index in [1.54, 1.807) is 0 Å². The van der Waals surface area contributed by atoms with Crippen LogP contribution in [0, 0.1) is 0 Å². The van der Waals surface area contributed by atoms with Gasteiger partial charge in [0.1, 0.15) is 0 Å². The number of nitrogens with one attached hydrogen (secondary N) is 2. The van der Waals surface area contributed by atoms with Gasteiger partial charge in [-0.1, -0.05) is 107 Å². The van der Waals surface area contributed by atoms with Crippen LogP contribution < -0.4 is 10.6 Å². The number of anilines is 2. The molecule has 0 radical (unpaired) electrons. The van der Waals surface area contributed by atoms with Gasteiger partial charge in [0.2, 0.25) is 0 Å². The van der Waals surface area contributed by atoms with E-state index in [4.69, 9.17) is 4.98 Å². The lowest BCUT2D eigenvalue weighted by atomic mass is 9.90. The molecule has 204 valence electrons. The van der Waals surface area contributed by atoms with Gasteiger partial charge in [0.15, 0.2) is 0 Å². The van der Waals surface area contributed by atoms with Crippen LogP contribution in [0.15, 0.2) is 103 Å². The largest absolute Gasteiger partial charge is 0.381 e. The van der Waals surface area contributed by atoms with Gasteiger partial charge in [0.25, 0.3) is 0 Å². The first-order valence-corrected chi connectivity index (χ1v) is 14.4. The molecule has 0 aliphatic rings. The van der Waals surface area contributed by atoms with E-state index in [0.29, 0.717) is 11.8 Å². The van der Waals surface area contributed by atoms with Crippen molar-refractivity contribution >= 4 is 22.1 Å². The Bertz CT molecular complexity index is 1570. The molecule has 0 fully saturated rings. The number of para-hydroxylation sites is 2. The highest BCUT2D eigenvalue weighted by atomic mass is 15.0. The van der Waals surface area contributed by atoms with Crippen LogP contribution in [0.3, 0.4) is 0 Å². The first-order chi connectivity index (χ1) is 19.2. The van der Waals surface area contributed by atoms with E-state index in [0.717, 1.165) is 23.6 Å². The van der Waals surface area contributed by atoms with Crippen LogP contribution in [0.25, 0.3) is 22.0 Å². The van der Waals surface area contributed by atoms with Gasteiger partial charge in [-0.3, -0.25) is 4.98 Å². The van der Waals surface area contributed by atoms with E-state index in [9.17, 15) is 0 Å². The molecular formula is C37H41N3. The molecule has 0 aliphatic carbocycles. The summed E-state index contributed by atoms with van der Waals surface area (Å²) >= 11 is 0. The van der Waals surface area contributed by atoms with Gasteiger partial charge < -0.3 is 10.6 Å². The van der Waals surface area contributed by atoms with Crippen molar-refractivity contribution in [1.82, 2.24) is 4.98 Å². The Labute approximate surface area is 239 Å². The van der Waals surface area contributed by atoms with Gasteiger partial charge in [0, 0.05) is 23.5 Å². The zero-order valence-corrected chi connectivity index (χ0v) is 24.6. The van der Waals surface area contributed by atoms with Crippen molar-refractivity contribution in [2.45, 2.75) is 65.5 Å². The number of rotatable bonds is 9. The van der Waals surface area contributed by atoms with Crippen LogP contribution in [0.4, 0.5) is 11.4 Å². The van der Waals surface area contributed by atoms with E-state index in [1.165, 1.54) is 38.7 Å². The minimum atomic E-state index is -0.377. The zero-order chi connectivity index (χ0) is 28.3. The molecule has 0 aliphatic heterocycles. The van der Waals surface area contributed by atoms with Crippen molar-refractivity contribution in [3.05, 3.63) is 126 Å². The zero-order valence-electron chi connectivity index (χ0n) is 24.6. The summed E-state index contributed by atoms with van der Waals surface area (Å²) in [5.41, 5.74) is 9.09. The van der Waals surface area contributed by atoms with E-state index in [-0.39, 0.29) is 5.54 Å². The molecule has 1 aromatic heterocycles. The van der Waals surface area contributed by atoms with Gasteiger partial charge >= 0.3 is 0 Å². The van der Waals surface area contributed by atoms with Gasteiger partial charge in [-0.05, 0) is 77.4 Å². The van der Waals surface area contributed by atoms with Gasteiger partial charge in [0.05, 0.1) is 16.9 Å². The van der Waals surface area contributed by atoms with Crippen molar-refractivity contribution in [3.8, 4) is 11.3 Å². The van der Waals surface area contributed by atoms with Crippen molar-refractivity contribution in [3.63, 3.8) is 0 Å². The Morgan fingerprint density at radius 1 is 0.675 bits per heavy atom. The number of hydrogen-bond donors (Lipinski definition) is 2. The number of nitrogens with zero attached hydrogens (tertiary/aromatic N) is 1. The molecule has 5 rings (SSSR count). The Morgan fingerprint density at radius 2 is 1.32 bits per heavy atom. The monoisotopic (exact) mass is 527 g/mol. The lowest BCUT2D eigenvalue weighted by Gasteiger charge is -2.32. The minimum Gasteiger partial charge on any atom is -0.381 e. The molecule has 1 heterocycles. The van der Waals surface area contributed by atoms with E-state index in [1.807, 2.05) is 6.07 Å². The van der Waals surface area contributed by atoms with Crippen molar-refractivity contribution < 1.29 is 0 Å². The second-order valence-electron chi connectivity index (χ2n) is 11.8. The maximum atomic E-state index is 5.34. The highest BCUT2D eigenvalue weighted by Gasteiger charge is 2.26. The molecule has 0 unspecified atom stereocenters. The number of hydrogen-bond acceptors (Lipinski definition) is 3. The maximum Gasteiger partial charge on any atom is 0.0739 e. The van der Waals surface area contributed by atoms with Crippen molar-refractivity contribution in [2.75, 3.05) is 10.6 Å². The van der Waals surface area contributed by atoms with Gasteiger partial charge in [-0.2, -0.15) is 0 Å². The molecule has 0 bridgehead atoms. The van der Waals surface area contributed by atoms with E-state index >= 15 is 0 Å². The summed E-state index contributed by atoms with van der Waals surface area (Å²) in [6.07, 6.45) is 0. The van der Waals surface area contributed by atoms with E-state index < -0.39 is 0 Å². The molecular weight excluding hydrogens is 486 g/mol. The SMILES string of the molecule is CC(C)c1cccc(C(C)C)c1NC(C)(C)c1cccc(-c2c(CNc3ccccc3)ccc3ccccc23)n1. The van der Waals surface area contributed by atoms with Crippen LogP contribution in [0.1, 0.15) is 75.8 Å². The first kappa shape index (κ1) is 27.5. The summed E-state index contributed by atoms with van der Waals surface area (Å²) in [5, 5.41) is 9.98. The number of fused-ring (bicyclic) bond motifs is 1. The Balaban J connectivity index is 1.57. The Kier molecular flexibility index (Phi) is 7.93. The molecule has 2 N–H and O–H groups in total. The van der Waals surface area contributed by atoms with Crippen molar-refractivity contribution in [1.29, 1.82) is 0 Å².